The van der Waals surface area contributed by atoms with E-state index in [0.29, 0.717) is 73.0 Å². The molecule has 0 unspecified atom stereocenters. The summed E-state index contributed by atoms with van der Waals surface area (Å²) in [5.41, 5.74) is 0.327. The summed E-state index contributed by atoms with van der Waals surface area (Å²) in [7, 11) is 2.94. The van der Waals surface area contributed by atoms with Gasteiger partial charge in [-0.05, 0) is 80.3 Å². The highest BCUT2D eigenvalue weighted by Gasteiger charge is 2.17. The van der Waals surface area contributed by atoms with Gasteiger partial charge in [0.2, 0.25) is 5.89 Å². The van der Waals surface area contributed by atoms with Crippen molar-refractivity contribution >= 4 is 28.8 Å². The summed E-state index contributed by atoms with van der Waals surface area (Å²) in [6, 6.07) is 14.1. The van der Waals surface area contributed by atoms with Crippen LogP contribution in [-0.4, -0.2) is 63.5 Å². The molecule has 0 aliphatic rings. The Kier molecular flexibility index (Phi) is 13.5. The molecule has 13 nitrogen and oxygen atoms in total. The second-order valence-electron chi connectivity index (χ2n) is 10.5. The third-order valence-corrected chi connectivity index (χ3v) is 7.03. The first-order chi connectivity index (χ1) is 24.3. The molecular formula is C37H37NO12. The molecule has 0 amide bonds. The quantitative estimate of drug-likeness (QED) is 0.0499. The molecule has 0 saturated heterocycles. The number of methoxy groups -OCH3 is 2. The Bertz CT molecular complexity index is 1900. The molecule has 1 aromatic heterocycles. The number of hydrogen-bond donors (Lipinski definition) is 0. The minimum absolute atomic E-state index is 0.0617. The number of esters is 3. The maximum atomic E-state index is 13.0. The molecule has 0 spiro atoms. The summed E-state index contributed by atoms with van der Waals surface area (Å²) in [6.07, 6.45) is 4.71. The van der Waals surface area contributed by atoms with Gasteiger partial charge < -0.3 is 37.6 Å². The third kappa shape index (κ3) is 10.2. The number of carbonyl (C=O) groups is 3. The number of rotatable bonds is 19. The molecule has 0 fully saturated rings. The monoisotopic (exact) mass is 687 g/mol. The average molecular weight is 688 g/mol. The van der Waals surface area contributed by atoms with E-state index in [1.54, 1.807) is 30.3 Å². The molecule has 0 N–H and O–H groups in total. The lowest BCUT2D eigenvalue weighted by atomic mass is 10.2. The van der Waals surface area contributed by atoms with Crippen LogP contribution in [0.5, 0.6) is 28.7 Å². The molecule has 0 atom stereocenters. The van der Waals surface area contributed by atoms with Crippen molar-refractivity contribution in [2.75, 3.05) is 40.6 Å². The molecule has 262 valence electrons. The van der Waals surface area contributed by atoms with Gasteiger partial charge in [0.15, 0.2) is 23.0 Å². The van der Waals surface area contributed by atoms with E-state index < -0.39 is 23.5 Å². The number of benzene rings is 3. The molecule has 0 aliphatic carbocycles. The molecule has 3 aromatic carbocycles. The second-order valence-corrected chi connectivity index (χ2v) is 10.5. The van der Waals surface area contributed by atoms with Gasteiger partial charge in [0, 0.05) is 17.7 Å². The first-order valence-corrected chi connectivity index (χ1v) is 15.6. The Morgan fingerprint density at radius 1 is 0.720 bits per heavy atom. The summed E-state index contributed by atoms with van der Waals surface area (Å²) in [4.78, 5) is 52.7. The first kappa shape index (κ1) is 36.7. The second kappa shape index (κ2) is 18.4. The van der Waals surface area contributed by atoms with Gasteiger partial charge in [0.1, 0.15) is 5.75 Å². The number of aromatic nitrogens is 1. The van der Waals surface area contributed by atoms with E-state index in [1.165, 1.54) is 38.5 Å². The van der Waals surface area contributed by atoms with Crippen LogP contribution in [-0.2, 0) is 19.1 Å². The maximum absolute atomic E-state index is 13.0. The molecule has 0 saturated carbocycles. The van der Waals surface area contributed by atoms with Crippen molar-refractivity contribution in [3.8, 4) is 40.2 Å². The number of nitrogens with zero attached hydrogens (tertiary/aromatic N) is 1. The summed E-state index contributed by atoms with van der Waals surface area (Å²) in [5, 5.41) is 0.116. The van der Waals surface area contributed by atoms with Crippen LogP contribution in [0, 0.1) is 0 Å². The van der Waals surface area contributed by atoms with Crippen LogP contribution in [0.25, 0.3) is 22.4 Å². The van der Waals surface area contributed by atoms with Crippen molar-refractivity contribution in [2.24, 2.45) is 0 Å². The summed E-state index contributed by atoms with van der Waals surface area (Å²) in [6.45, 7) is 7.93. The summed E-state index contributed by atoms with van der Waals surface area (Å²) >= 11 is 0. The third-order valence-electron chi connectivity index (χ3n) is 7.03. The highest BCUT2D eigenvalue weighted by atomic mass is 16.5. The smallest absolute Gasteiger partial charge is 0.347 e. The molecule has 0 bridgehead atoms. The lowest BCUT2D eigenvalue weighted by Crippen LogP contribution is -2.10. The molecule has 13 heteroatoms. The molecular weight excluding hydrogens is 650 g/mol. The van der Waals surface area contributed by atoms with E-state index in [2.05, 4.69) is 18.1 Å². The van der Waals surface area contributed by atoms with E-state index in [1.807, 2.05) is 0 Å². The van der Waals surface area contributed by atoms with Crippen LogP contribution in [0.3, 0.4) is 0 Å². The largest absolute Gasteiger partial charge is 0.493 e. The minimum atomic E-state index is -0.683. The van der Waals surface area contributed by atoms with Gasteiger partial charge >= 0.3 is 23.5 Å². The van der Waals surface area contributed by atoms with Gasteiger partial charge in [-0.3, -0.25) is 0 Å². The molecule has 4 rings (SSSR count). The number of hydrogen-bond acceptors (Lipinski definition) is 13. The summed E-state index contributed by atoms with van der Waals surface area (Å²) in [5.74, 6) is 0.194. The fourth-order valence-electron chi connectivity index (χ4n) is 4.47. The Labute approximate surface area is 288 Å². The summed E-state index contributed by atoms with van der Waals surface area (Å²) < 4.78 is 43.4. The van der Waals surface area contributed by atoms with Crippen molar-refractivity contribution in [3.63, 3.8) is 0 Å². The lowest BCUT2D eigenvalue weighted by molar-refractivity contribution is -0.138. The highest BCUT2D eigenvalue weighted by molar-refractivity contribution is 5.92. The molecule has 4 aromatic rings. The Hall–Kier alpha value is -6.11. The Balaban J connectivity index is 1.38. The van der Waals surface area contributed by atoms with Gasteiger partial charge in [-0.25, -0.2) is 24.2 Å². The standard InChI is InChI=1S/C37H37NO12/c1-5-33(39)47-19-9-7-17-45-29-15-11-24(21-31(29)43-3)35-38-28-14-13-26(23-27(28)37(42)50-35)49-36(41)25-12-16-30(32(22-25)44-4)46-18-8-10-20-48-34(40)6-2/h5-6,11-16,21-23H,1-2,7-10,17-20H2,3-4H3. The van der Waals surface area contributed by atoms with E-state index >= 15 is 0 Å². The van der Waals surface area contributed by atoms with E-state index in [-0.39, 0.29) is 35.8 Å². The lowest BCUT2D eigenvalue weighted by Gasteiger charge is -2.12. The maximum Gasteiger partial charge on any atom is 0.347 e. The zero-order valence-electron chi connectivity index (χ0n) is 27.8. The minimum Gasteiger partial charge on any atom is -0.493 e. The SMILES string of the molecule is C=CC(=O)OCCCCOc1ccc(C(=O)Oc2ccc3nc(-c4ccc(OCCCCOC(=O)C=C)c(OC)c4)oc(=O)c3c2)cc1OC. The van der Waals surface area contributed by atoms with Gasteiger partial charge in [0.05, 0.1) is 57.1 Å². The van der Waals surface area contributed by atoms with Crippen molar-refractivity contribution in [2.45, 2.75) is 25.7 Å². The van der Waals surface area contributed by atoms with Crippen molar-refractivity contribution in [3.05, 3.63) is 95.9 Å². The first-order valence-electron chi connectivity index (χ1n) is 15.6. The fourth-order valence-corrected chi connectivity index (χ4v) is 4.47. The normalized spacial score (nSPS) is 10.5. The average Bonchev–Trinajstić information content (AvgIpc) is 3.14. The topological polar surface area (TPSA) is 159 Å². The van der Waals surface area contributed by atoms with E-state index in [0.717, 1.165) is 12.2 Å². The van der Waals surface area contributed by atoms with E-state index in [9.17, 15) is 19.2 Å². The van der Waals surface area contributed by atoms with Crippen LogP contribution < -0.4 is 29.3 Å². The Morgan fingerprint density at radius 3 is 1.90 bits per heavy atom. The van der Waals surface area contributed by atoms with Crippen molar-refractivity contribution in [1.82, 2.24) is 4.98 Å². The predicted octanol–water partition coefficient (Wildman–Crippen LogP) is 5.87. The molecule has 1 heterocycles. The van der Waals surface area contributed by atoms with Gasteiger partial charge in [-0.15, -0.1) is 0 Å². The van der Waals surface area contributed by atoms with Crippen LogP contribution in [0.2, 0.25) is 0 Å². The zero-order valence-corrected chi connectivity index (χ0v) is 27.8. The highest BCUT2D eigenvalue weighted by Crippen LogP contribution is 2.33. The van der Waals surface area contributed by atoms with Crippen molar-refractivity contribution in [1.29, 1.82) is 0 Å². The number of carbonyl (C=O) groups excluding carboxylic acids is 3. The number of fused-ring (bicyclic) bond motifs is 1. The number of ether oxygens (including phenoxy) is 7. The van der Waals surface area contributed by atoms with Gasteiger partial charge in [-0.1, -0.05) is 13.2 Å². The van der Waals surface area contributed by atoms with Crippen LogP contribution in [0.1, 0.15) is 36.0 Å². The van der Waals surface area contributed by atoms with Crippen LogP contribution >= 0.6 is 0 Å². The van der Waals surface area contributed by atoms with Gasteiger partial charge in [-0.2, -0.15) is 0 Å². The molecule has 0 radical (unpaired) electrons. The Morgan fingerprint density at radius 2 is 1.30 bits per heavy atom. The van der Waals surface area contributed by atoms with Crippen molar-refractivity contribution < 1.29 is 52.0 Å². The fraction of sp³-hybridized carbons (Fsp3) is 0.270. The van der Waals surface area contributed by atoms with Gasteiger partial charge in [0.25, 0.3) is 0 Å². The van der Waals surface area contributed by atoms with Crippen LogP contribution in [0.4, 0.5) is 0 Å². The van der Waals surface area contributed by atoms with Crippen LogP contribution in [0.15, 0.2) is 89.1 Å². The predicted molar refractivity (Wildman–Crippen MR) is 182 cm³/mol. The number of unbranched alkanes of at least 4 members (excludes halogenated alkanes) is 2. The molecule has 0 aliphatic heterocycles. The molecule has 50 heavy (non-hydrogen) atoms. The van der Waals surface area contributed by atoms with E-state index in [4.69, 9.17) is 37.6 Å². The zero-order chi connectivity index (χ0) is 35.9.